The zero-order chi connectivity index (χ0) is 16.2. The Bertz CT molecular complexity index is 823. The first kappa shape index (κ1) is 16.0. The zero-order valence-corrected chi connectivity index (χ0v) is 14.1. The van der Waals surface area contributed by atoms with Crippen molar-refractivity contribution >= 4 is 40.2 Å². The van der Waals surface area contributed by atoms with E-state index in [1.54, 1.807) is 10.9 Å². The van der Waals surface area contributed by atoms with Gasteiger partial charge >= 0.3 is 0 Å². The van der Waals surface area contributed by atoms with Gasteiger partial charge in [-0.3, -0.25) is 0 Å². The molecule has 3 rings (SSSR count). The number of aromatic nitrogens is 4. The molecule has 23 heavy (non-hydrogen) atoms. The van der Waals surface area contributed by atoms with Gasteiger partial charge in [0.1, 0.15) is 5.82 Å². The second-order valence-electron chi connectivity index (χ2n) is 4.83. The lowest BCUT2D eigenvalue weighted by Gasteiger charge is -2.09. The summed E-state index contributed by atoms with van der Waals surface area (Å²) >= 11 is 7.65. The van der Waals surface area contributed by atoms with E-state index < -0.39 is 0 Å². The molecule has 8 heteroatoms. The van der Waals surface area contributed by atoms with Crippen molar-refractivity contribution in [3.05, 3.63) is 41.0 Å². The molecule has 0 aliphatic rings. The van der Waals surface area contributed by atoms with Crippen LogP contribution in [0.2, 0.25) is 5.02 Å². The third kappa shape index (κ3) is 3.41. The molecule has 120 valence electrons. The molecule has 0 bridgehead atoms. The van der Waals surface area contributed by atoms with Crippen LogP contribution in [0.4, 0.5) is 5.82 Å². The number of rotatable bonds is 6. The lowest BCUT2D eigenvalue weighted by atomic mass is 10.2. The Balaban J connectivity index is 1.94. The quantitative estimate of drug-likeness (QED) is 0.526. The van der Waals surface area contributed by atoms with Gasteiger partial charge in [-0.05, 0) is 17.9 Å². The van der Waals surface area contributed by atoms with Crippen LogP contribution in [0.3, 0.4) is 0 Å². The first-order valence-electron chi connectivity index (χ1n) is 7.08. The summed E-state index contributed by atoms with van der Waals surface area (Å²) in [5.74, 6) is 0.712. The van der Waals surface area contributed by atoms with Gasteiger partial charge in [0.05, 0.1) is 24.7 Å². The number of hydrogen-bond donors (Lipinski definition) is 2. The van der Waals surface area contributed by atoms with Crippen LogP contribution in [-0.4, -0.2) is 37.7 Å². The average Bonchev–Trinajstić information content (AvgIpc) is 2.97. The molecule has 6 nitrogen and oxygen atoms in total. The van der Waals surface area contributed by atoms with E-state index in [4.69, 9.17) is 16.7 Å². The van der Waals surface area contributed by atoms with E-state index in [0.29, 0.717) is 34.7 Å². The molecule has 0 spiro atoms. The van der Waals surface area contributed by atoms with Crippen molar-refractivity contribution in [1.29, 1.82) is 0 Å². The number of thioether (sulfide) groups is 1. The summed E-state index contributed by atoms with van der Waals surface area (Å²) in [6.45, 7) is 0.973. The van der Waals surface area contributed by atoms with E-state index in [9.17, 15) is 0 Å². The van der Waals surface area contributed by atoms with Crippen molar-refractivity contribution in [1.82, 2.24) is 19.7 Å². The zero-order valence-electron chi connectivity index (χ0n) is 12.5. The molecule has 0 saturated heterocycles. The van der Waals surface area contributed by atoms with Crippen LogP contribution in [0.15, 0.2) is 35.6 Å². The minimum atomic E-state index is 0.0117. The molecule has 0 fully saturated rings. The summed E-state index contributed by atoms with van der Waals surface area (Å²) in [4.78, 5) is 9.00. The first-order chi connectivity index (χ1) is 11.2. The van der Waals surface area contributed by atoms with E-state index >= 15 is 0 Å². The van der Waals surface area contributed by atoms with Crippen LogP contribution in [0, 0.1) is 0 Å². The van der Waals surface area contributed by atoms with Crippen molar-refractivity contribution in [2.45, 2.75) is 18.2 Å². The highest BCUT2D eigenvalue weighted by atomic mass is 35.5. The molecule has 1 aromatic carbocycles. The van der Waals surface area contributed by atoms with E-state index in [1.165, 1.54) is 11.8 Å². The Morgan fingerprint density at radius 2 is 2.13 bits per heavy atom. The van der Waals surface area contributed by atoms with E-state index in [-0.39, 0.29) is 6.61 Å². The van der Waals surface area contributed by atoms with Crippen LogP contribution in [0.1, 0.15) is 5.56 Å². The minimum absolute atomic E-state index is 0.0117. The van der Waals surface area contributed by atoms with E-state index in [1.807, 2.05) is 30.5 Å². The molecule has 0 atom stereocenters. The molecular formula is C15H16ClN5OS. The lowest BCUT2D eigenvalue weighted by Crippen LogP contribution is -2.07. The van der Waals surface area contributed by atoms with Crippen molar-refractivity contribution in [2.24, 2.45) is 0 Å². The second-order valence-corrected chi connectivity index (χ2v) is 6.01. The highest BCUT2D eigenvalue weighted by molar-refractivity contribution is 7.98. The fourth-order valence-electron chi connectivity index (χ4n) is 2.24. The number of fused-ring (bicyclic) bond motifs is 1. The largest absolute Gasteiger partial charge is 0.394 e. The number of benzene rings is 1. The Morgan fingerprint density at radius 3 is 2.87 bits per heavy atom. The van der Waals surface area contributed by atoms with Gasteiger partial charge in [0.25, 0.3) is 0 Å². The molecule has 2 heterocycles. The second kappa shape index (κ2) is 7.16. The van der Waals surface area contributed by atoms with Crippen LogP contribution < -0.4 is 5.32 Å². The third-order valence-corrected chi connectivity index (χ3v) is 4.29. The molecule has 0 saturated carbocycles. The average molecular weight is 350 g/mol. The Kier molecular flexibility index (Phi) is 5.00. The summed E-state index contributed by atoms with van der Waals surface area (Å²) in [7, 11) is 0. The molecule has 0 amide bonds. The van der Waals surface area contributed by atoms with Crippen molar-refractivity contribution in [3.8, 4) is 0 Å². The number of aliphatic hydroxyl groups excluding tert-OH is 1. The van der Waals surface area contributed by atoms with Gasteiger partial charge in [-0.25, -0.2) is 14.6 Å². The maximum Gasteiger partial charge on any atom is 0.191 e. The molecule has 0 unspecified atom stereocenters. The molecular weight excluding hydrogens is 334 g/mol. The van der Waals surface area contributed by atoms with Crippen molar-refractivity contribution < 1.29 is 5.11 Å². The predicted octanol–water partition coefficient (Wildman–Crippen LogP) is 2.81. The Hall–Kier alpha value is -1.83. The molecule has 2 N–H and O–H groups in total. The Labute approximate surface area is 142 Å². The number of aliphatic hydroxyl groups is 1. The summed E-state index contributed by atoms with van der Waals surface area (Å²) in [5, 5.41) is 18.9. The molecule has 3 aromatic rings. The van der Waals surface area contributed by atoms with Crippen LogP contribution in [0.5, 0.6) is 0 Å². The standard InChI is InChI=1S/C15H16ClN5OS/c1-23-15-19-13(17-8-10-4-2-3-5-12(10)16)11-9-18-21(6-7-22)14(11)20-15/h2-5,9,22H,6-8H2,1H3,(H,17,19,20). The van der Waals surface area contributed by atoms with Crippen LogP contribution >= 0.6 is 23.4 Å². The predicted molar refractivity (Wildman–Crippen MR) is 93.0 cm³/mol. The summed E-state index contributed by atoms with van der Waals surface area (Å²) in [6.07, 6.45) is 3.63. The minimum Gasteiger partial charge on any atom is -0.394 e. The lowest BCUT2D eigenvalue weighted by molar-refractivity contribution is 0.271. The summed E-state index contributed by atoms with van der Waals surface area (Å²) in [5.41, 5.74) is 1.70. The van der Waals surface area contributed by atoms with Crippen molar-refractivity contribution in [2.75, 3.05) is 18.2 Å². The normalized spacial score (nSPS) is 11.1. The molecule has 0 radical (unpaired) electrons. The van der Waals surface area contributed by atoms with Gasteiger partial charge in [-0.1, -0.05) is 41.6 Å². The van der Waals surface area contributed by atoms with Crippen LogP contribution in [0.25, 0.3) is 11.0 Å². The van der Waals surface area contributed by atoms with Gasteiger partial charge < -0.3 is 10.4 Å². The third-order valence-electron chi connectivity index (χ3n) is 3.37. The number of hydrogen-bond acceptors (Lipinski definition) is 6. The van der Waals surface area contributed by atoms with Crippen molar-refractivity contribution in [3.63, 3.8) is 0 Å². The van der Waals surface area contributed by atoms with Gasteiger partial charge in [-0.15, -0.1) is 0 Å². The fourth-order valence-corrected chi connectivity index (χ4v) is 2.80. The van der Waals surface area contributed by atoms with Gasteiger partial charge in [0.2, 0.25) is 0 Å². The maximum atomic E-state index is 9.14. The fraction of sp³-hybridized carbons (Fsp3) is 0.267. The summed E-state index contributed by atoms with van der Waals surface area (Å²) < 4.78 is 1.68. The maximum absolute atomic E-state index is 9.14. The number of nitrogens with zero attached hydrogens (tertiary/aromatic N) is 4. The molecule has 0 aliphatic heterocycles. The topological polar surface area (TPSA) is 75.9 Å². The van der Waals surface area contributed by atoms with E-state index in [0.717, 1.165) is 10.9 Å². The highest BCUT2D eigenvalue weighted by Gasteiger charge is 2.12. The summed E-state index contributed by atoms with van der Waals surface area (Å²) in [6, 6.07) is 7.68. The monoisotopic (exact) mass is 349 g/mol. The smallest absolute Gasteiger partial charge is 0.191 e. The SMILES string of the molecule is CSc1nc(NCc2ccccc2Cl)c2cnn(CCO)c2n1. The first-order valence-corrected chi connectivity index (χ1v) is 8.69. The molecule has 2 aromatic heterocycles. The molecule has 0 aliphatic carbocycles. The van der Waals surface area contributed by atoms with Gasteiger partial charge in [0.15, 0.2) is 10.8 Å². The number of halogens is 1. The number of anilines is 1. The highest BCUT2D eigenvalue weighted by Crippen LogP contribution is 2.24. The van der Waals surface area contributed by atoms with Gasteiger partial charge in [-0.2, -0.15) is 5.10 Å². The number of nitrogens with one attached hydrogen (secondary N) is 1. The van der Waals surface area contributed by atoms with E-state index in [2.05, 4.69) is 20.4 Å². The van der Waals surface area contributed by atoms with Crippen LogP contribution in [-0.2, 0) is 13.1 Å². The van der Waals surface area contributed by atoms with Gasteiger partial charge in [0, 0.05) is 11.6 Å². The Morgan fingerprint density at radius 1 is 1.30 bits per heavy atom.